The number of nitrogens with zero attached hydrogens (tertiary/aromatic N) is 3. The van der Waals surface area contributed by atoms with E-state index < -0.39 is 5.41 Å². The standard InChI is InChI=1S/C21H26N4O2/c1-14-16(7-6-10-23-14)13-22-12-15-8-9-17-18(11-15)25(5)20(27)21(2,3)19(26)24(17)4/h6-11,22H,12-13H2,1-5H3. The van der Waals surface area contributed by atoms with Crippen molar-refractivity contribution in [2.75, 3.05) is 23.9 Å². The van der Waals surface area contributed by atoms with Crippen LogP contribution >= 0.6 is 0 Å². The van der Waals surface area contributed by atoms with Crippen LogP contribution in [0.1, 0.15) is 30.7 Å². The van der Waals surface area contributed by atoms with E-state index in [4.69, 9.17) is 0 Å². The highest BCUT2D eigenvalue weighted by molar-refractivity contribution is 6.19. The molecule has 142 valence electrons. The van der Waals surface area contributed by atoms with Crippen molar-refractivity contribution in [1.29, 1.82) is 0 Å². The van der Waals surface area contributed by atoms with Gasteiger partial charge in [0.1, 0.15) is 5.41 Å². The summed E-state index contributed by atoms with van der Waals surface area (Å²) in [4.78, 5) is 32.9. The van der Waals surface area contributed by atoms with Gasteiger partial charge in [-0.05, 0) is 50.1 Å². The number of anilines is 2. The number of hydrogen-bond acceptors (Lipinski definition) is 4. The Hall–Kier alpha value is -2.73. The highest BCUT2D eigenvalue weighted by Gasteiger charge is 2.44. The molecule has 2 amide bonds. The molecule has 0 bridgehead atoms. The quantitative estimate of drug-likeness (QED) is 0.845. The Bertz CT molecular complexity index is 892. The number of aromatic nitrogens is 1. The van der Waals surface area contributed by atoms with E-state index in [0.29, 0.717) is 6.54 Å². The topological polar surface area (TPSA) is 65.5 Å². The molecular weight excluding hydrogens is 340 g/mol. The summed E-state index contributed by atoms with van der Waals surface area (Å²) in [6.07, 6.45) is 1.79. The Balaban J connectivity index is 1.82. The lowest BCUT2D eigenvalue weighted by Gasteiger charge is -2.25. The number of rotatable bonds is 4. The van der Waals surface area contributed by atoms with Crippen LogP contribution < -0.4 is 15.1 Å². The SMILES string of the molecule is Cc1ncccc1CNCc1ccc2c(c1)N(C)C(=O)C(C)(C)C(=O)N2C. The maximum absolute atomic E-state index is 12.8. The van der Waals surface area contributed by atoms with Gasteiger partial charge in [-0.1, -0.05) is 12.1 Å². The molecular formula is C21H26N4O2. The number of amides is 2. The van der Waals surface area contributed by atoms with Crippen molar-refractivity contribution in [3.05, 3.63) is 53.3 Å². The Morgan fingerprint density at radius 2 is 1.67 bits per heavy atom. The van der Waals surface area contributed by atoms with Gasteiger partial charge in [0, 0.05) is 39.1 Å². The molecule has 6 heteroatoms. The molecule has 0 aliphatic carbocycles. The number of benzene rings is 1. The third-order valence-electron chi connectivity index (χ3n) is 5.20. The van der Waals surface area contributed by atoms with Crippen LogP contribution in [0.25, 0.3) is 0 Å². The van der Waals surface area contributed by atoms with E-state index in [1.807, 2.05) is 31.2 Å². The van der Waals surface area contributed by atoms with Crippen LogP contribution in [0.15, 0.2) is 36.5 Å². The predicted molar refractivity (Wildman–Crippen MR) is 107 cm³/mol. The van der Waals surface area contributed by atoms with Crippen LogP contribution in [0.5, 0.6) is 0 Å². The minimum atomic E-state index is -1.08. The number of nitrogens with one attached hydrogen (secondary N) is 1. The molecule has 2 heterocycles. The molecule has 0 spiro atoms. The minimum absolute atomic E-state index is 0.198. The van der Waals surface area contributed by atoms with Gasteiger partial charge in [0.2, 0.25) is 11.8 Å². The fraction of sp³-hybridized carbons (Fsp3) is 0.381. The molecule has 1 aromatic carbocycles. The van der Waals surface area contributed by atoms with Crippen LogP contribution in [0.4, 0.5) is 11.4 Å². The lowest BCUT2D eigenvalue weighted by atomic mass is 9.90. The molecule has 0 radical (unpaired) electrons. The number of hydrogen-bond donors (Lipinski definition) is 1. The molecule has 1 N–H and O–H groups in total. The fourth-order valence-corrected chi connectivity index (χ4v) is 3.43. The number of carbonyl (C=O) groups excluding carboxylic acids is 2. The zero-order valence-corrected chi connectivity index (χ0v) is 16.5. The second-order valence-electron chi connectivity index (χ2n) is 7.53. The molecule has 3 rings (SSSR count). The molecule has 0 saturated heterocycles. The lowest BCUT2D eigenvalue weighted by Crippen LogP contribution is -2.46. The van der Waals surface area contributed by atoms with E-state index in [9.17, 15) is 9.59 Å². The number of fused-ring (bicyclic) bond motifs is 1. The zero-order valence-electron chi connectivity index (χ0n) is 16.5. The molecule has 6 nitrogen and oxygen atoms in total. The molecule has 0 unspecified atom stereocenters. The van der Waals surface area contributed by atoms with Crippen molar-refractivity contribution in [2.45, 2.75) is 33.9 Å². The minimum Gasteiger partial charge on any atom is -0.313 e. The molecule has 0 fully saturated rings. The molecule has 1 aliphatic heterocycles. The molecule has 1 aromatic heterocycles. The van der Waals surface area contributed by atoms with Gasteiger partial charge in [0.25, 0.3) is 0 Å². The van der Waals surface area contributed by atoms with E-state index in [2.05, 4.69) is 16.4 Å². The second kappa shape index (κ2) is 7.12. The molecule has 1 aliphatic rings. The smallest absolute Gasteiger partial charge is 0.241 e. The summed E-state index contributed by atoms with van der Waals surface area (Å²) in [5.41, 5.74) is 3.63. The number of pyridine rings is 1. The van der Waals surface area contributed by atoms with Crippen molar-refractivity contribution in [1.82, 2.24) is 10.3 Å². The van der Waals surface area contributed by atoms with Crippen molar-refractivity contribution in [3.8, 4) is 0 Å². The van der Waals surface area contributed by atoms with Crippen molar-refractivity contribution >= 4 is 23.2 Å². The average molecular weight is 366 g/mol. The monoisotopic (exact) mass is 366 g/mol. The summed E-state index contributed by atoms with van der Waals surface area (Å²) >= 11 is 0. The van der Waals surface area contributed by atoms with E-state index in [-0.39, 0.29) is 11.8 Å². The molecule has 0 atom stereocenters. The third kappa shape index (κ3) is 3.45. The second-order valence-corrected chi connectivity index (χ2v) is 7.53. The lowest BCUT2D eigenvalue weighted by molar-refractivity contribution is -0.137. The Labute approximate surface area is 160 Å². The highest BCUT2D eigenvalue weighted by Crippen LogP contribution is 2.37. The van der Waals surface area contributed by atoms with Gasteiger partial charge >= 0.3 is 0 Å². The van der Waals surface area contributed by atoms with Crippen molar-refractivity contribution in [3.63, 3.8) is 0 Å². The predicted octanol–water partition coefficient (Wildman–Crippen LogP) is 2.65. The largest absolute Gasteiger partial charge is 0.313 e. The van der Waals surface area contributed by atoms with Gasteiger partial charge in [0.15, 0.2) is 0 Å². The summed E-state index contributed by atoms with van der Waals surface area (Å²) in [5.74, 6) is -0.398. The van der Waals surface area contributed by atoms with E-state index in [0.717, 1.165) is 34.7 Å². The first-order valence-electron chi connectivity index (χ1n) is 9.04. The molecule has 0 saturated carbocycles. The summed E-state index contributed by atoms with van der Waals surface area (Å²) in [6.45, 7) is 6.72. The van der Waals surface area contributed by atoms with Gasteiger partial charge in [-0.25, -0.2) is 0 Å². The summed E-state index contributed by atoms with van der Waals surface area (Å²) in [6, 6.07) is 9.86. The van der Waals surface area contributed by atoms with Crippen LogP contribution in [0, 0.1) is 12.3 Å². The third-order valence-corrected chi connectivity index (χ3v) is 5.20. The zero-order chi connectivity index (χ0) is 19.8. The van der Waals surface area contributed by atoms with E-state index in [1.165, 1.54) is 0 Å². The van der Waals surface area contributed by atoms with Crippen LogP contribution in [0.2, 0.25) is 0 Å². The van der Waals surface area contributed by atoms with E-state index >= 15 is 0 Å². The summed E-state index contributed by atoms with van der Waals surface area (Å²) in [5, 5.41) is 3.42. The van der Waals surface area contributed by atoms with Crippen LogP contribution in [0.3, 0.4) is 0 Å². The summed E-state index contributed by atoms with van der Waals surface area (Å²) in [7, 11) is 3.45. The fourth-order valence-electron chi connectivity index (χ4n) is 3.43. The van der Waals surface area contributed by atoms with E-state index in [1.54, 1.807) is 43.9 Å². The van der Waals surface area contributed by atoms with Crippen molar-refractivity contribution in [2.24, 2.45) is 5.41 Å². The molecule has 27 heavy (non-hydrogen) atoms. The Morgan fingerprint density at radius 1 is 1.00 bits per heavy atom. The van der Waals surface area contributed by atoms with Gasteiger partial charge in [-0.15, -0.1) is 0 Å². The first-order valence-corrected chi connectivity index (χ1v) is 9.04. The van der Waals surface area contributed by atoms with Crippen molar-refractivity contribution < 1.29 is 9.59 Å². The first-order chi connectivity index (χ1) is 12.7. The Kier molecular flexibility index (Phi) is 5.02. The normalized spacial score (nSPS) is 16.3. The maximum atomic E-state index is 12.8. The van der Waals surface area contributed by atoms with Crippen LogP contribution in [-0.2, 0) is 22.7 Å². The number of carbonyl (C=O) groups is 2. The Morgan fingerprint density at radius 3 is 2.33 bits per heavy atom. The maximum Gasteiger partial charge on any atom is 0.241 e. The first kappa shape index (κ1) is 19.0. The number of aryl methyl sites for hydroxylation is 1. The molecule has 2 aromatic rings. The summed E-state index contributed by atoms with van der Waals surface area (Å²) < 4.78 is 0. The van der Waals surface area contributed by atoms with Crippen LogP contribution in [-0.4, -0.2) is 30.9 Å². The highest BCUT2D eigenvalue weighted by atomic mass is 16.2. The van der Waals surface area contributed by atoms with Gasteiger partial charge in [0.05, 0.1) is 11.4 Å². The van der Waals surface area contributed by atoms with Gasteiger partial charge in [-0.2, -0.15) is 0 Å². The average Bonchev–Trinajstić information content (AvgIpc) is 2.70. The van der Waals surface area contributed by atoms with Gasteiger partial charge < -0.3 is 15.1 Å². The van der Waals surface area contributed by atoms with Gasteiger partial charge in [-0.3, -0.25) is 14.6 Å².